The first kappa shape index (κ1) is 13.6. The molecule has 1 aromatic heterocycles. The van der Waals surface area contributed by atoms with Gasteiger partial charge < -0.3 is 10.1 Å². The first-order valence-electron chi connectivity index (χ1n) is 8.49. The third-order valence-electron chi connectivity index (χ3n) is 6.45. The summed E-state index contributed by atoms with van der Waals surface area (Å²) < 4.78 is 7.35. The molecule has 3 aliphatic carbocycles. The van der Waals surface area contributed by atoms with Crippen molar-refractivity contribution in [2.45, 2.75) is 51.6 Å². The first-order valence-corrected chi connectivity index (χ1v) is 8.49. The Hall–Kier alpha value is -1.03. The molecule has 21 heavy (non-hydrogen) atoms. The number of hydrogen-bond acceptors (Lipinski definition) is 3. The fourth-order valence-electron chi connectivity index (χ4n) is 5.68. The van der Waals surface area contributed by atoms with E-state index in [1.165, 1.54) is 37.7 Å². The van der Waals surface area contributed by atoms with E-state index >= 15 is 0 Å². The number of ether oxygens (including phenoxy) is 1. The van der Waals surface area contributed by atoms with Gasteiger partial charge in [-0.3, -0.25) is 0 Å². The van der Waals surface area contributed by atoms with Gasteiger partial charge in [-0.05, 0) is 56.3 Å². The third kappa shape index (κ3) is 2.02. The summed E-state index contributed by atoms with van der Waals surface area (Å²) in [5.74, 6) is 4.95. The molecule has 1 N–H and O–H groups in total. The number of rotatable bonds is 4. The number of nitrogens with one attached hydrogen (secondary N) is 1. The predicted molar refractivity (Wildman–Crippen MR) is 82.2 cm³/mol. The molecule has 0 aliphatic heterocycles. The summed E-state index contributed by atoms with van der Waals surface area (Å²) >= 11 is 0. The zero-order valence-electron chi connectivity index (χ0n) is 13.4. The minimum Gasteiger partial charge on any atom is -0.481 e. The van der Waals surface area contributed by atoms with E-state index in [9.17, 15) is 0 Å². The molecule has 4 heteroatoms. The van der Waals surface area contributed by atoms with Crippen molar-refractivity contribution >= 4 is 0 Å². The second-order valence-corrected chi connectivity index (χ2v) is 7.34. The van der Waals surface area contributed by atoms with Crippen LogP contribution in [0.1, 0.15) is 43.4 Å². The van der Waals surface area contributed by atoms with Crippen LogP contribution in [-0.4, -0.2) is 22.9 Å². The second-order valence-electron chi connectivity index (χ2n) is 7.34. The van der Waals surface area contributed by atoms with Crippen LogP contribution in [0.2, 0.25) is 0 Å². The van der Waals surface area contributed by atoms with Crippen LogP contribution in [0.15, 0.2) is 0 Å². The third-order valence-corrected chi connectivity index (χ3v) is 6.45. The van der Waals surface area contributed by atoms with Gasteiger partial charge in [-0.2, -0.15) is 5.10 Å². The molecular weight excluding hydrogens is 262 g/mol. The summed E-state index contributed by atoms with van der Waals surface area (Å²) in [4.78, 5) is 0. The highest BCUT2D eigenvalue weighted by atomic mass is 16.5. The van der Waals surface area contributed by atoms with Crippen LogP contribution in [0.4, 0.5) is 0 Å². The Balaban J connectivity index is 1.44. The fourth-order valence-corrected chi connectivity index (χ4v) is 5.68. The minimum atomic E-state index is 0.721. The van der Waals surface area contributed by atoms with E-state index in [0.29, 0.717) is 0 Å². The minimum absolute atomic E-state index is 0.721. The Morgan fingerprint density at radius 3 is 2.86 bits per heavy atom. The molecule has 1 heterocycles. The highest BCUT2D eigenvalue weighted by Gasteiger charge is 2.53. The van der Waals surface area contributed by atoms with E-state index in [1.54, 1.807) is 7.11 Å². The lowest BCUT2D eigenvalue weighted by Gasteiger charge is -2.32. The van der Waals surface area contributed by atoms with E-state index in [2.05, 4.69) is 17.3 Å². The summed E-state index contributed by atoms with van der Waals surface area (Å²) in [7, 11) is 3.69. The van der Waals surface area contributed by atoms with Gasteiger partial charge in [0, 0.05) is 19.6 Å². The summed E-state index contributed by atoms with van der Waals surface area (Å²) in [6.45, 7) is 2.97. The van der Waals surface area contributed by atoms with Gasteiger partial charge in [0.05, 0.1) is 18.4 Å². The molecule has 4 rings (SSSR count). The molecule has 5 unspecified atom stereocenters. The predicted octanol–water partition coefficient (Wildman–Crippen LogP) is 2.65. The number of aryl methyl sites for hydroxylation is 2. The zero-order valence-corrected chi connectivity index (χ0v) is 13.4. The molecule has 0 amide bonds. The van der Waals surface area contributed by atoms with Crippen molar-refractivity contribution in [2.75, 3.05) is 7.11 Å². The maximum atomic E-state index is 5.50. The summed E-state index contributed by atoms with van der Waals surface area (Å²) in [6.07, 6.45) is 7.35. The largest absolute Gasteiger partial charge is 0.481 e. The van der Waals surface area contributed by atoms with Crippen molar-refractivity contribution in [1.29, 1.82) is 0 Å². The molecule has 3 saturated carbocycles. The van der Waals surface area contributed by atoms with Crippen LogP contribution in [0.5, 0.6) is 5.88 Å². The monoisotopic (exact) mass is 289 g/mol. The van der Waals surface area contributed by atoms with Crippen LogP contribution in [0.3, 0.4) is 0 Å². The van der Waals surface area contributed by atoms with Crippen LogP contribution >= 0.6 is 0 Å². The van der Waals surface area contributed by atoms with E-state index in [4.69, 9.17) is 4.74 Å². The zero-order chi connectivity index (χ0) is 14.6. The van der Waals surface area contributed by atoms with Crippen molar-refractivity contribution in [3.05, 3.63) is 11.3 Å². The number of fused-ring (bicyclic) bond motifs is 5. The maximum absolute atomic E-state index is 5.50. The smallest absolute Gasteiger partial charge is 0.216 e. The van der Waals surface area contributed by atoms with Crippen molar-refractivity contribution in [1.82, 2.24) is 15.1 Å². The van der Waals surface area contributed by atoms with Gasteiger partial charge in [0.15, 0.2) is 0 Å². The van der Waals surface area contributed by atoms with Gasteiger partial charge in [-0.1, -0.05) is 6.42 Å². The van der Waals surface area contributed by atoms with Crippen molar-refractivity contribution in [2.24, 2.45) is 30.7 Å². The Bertz CT molecular complexity index is 538. The average Bonchev–Trinajstić information content (AvgIpc) is 3.16. The lowest BCUT2D eigenvalue weighted by Crippen LogP contribution is -2.39. The molecule has 4 nitrogen and oxygen atoms in total. The molecule has 1 aromatic rings. The van der Waals surface area contributed by atoms with E-state index in [-0.39, 0.29) is 0 Å². The molecule has 0 saturated heterocycles. The van der Waals surface area contributed by atoms with E-state index in [0.717, 1.165) is 47.8 Å². The normalized spacial score (nSPS) is 37.2. The van der Waals surface area contributed by atoms with Crippen LogP contribution in [-0.2, 0) is 13.6 Å². The van der Waals surface area contributed by atoms with Gasteiger partial charge >= 0.3 is 0 Å². The Morgan fingerprint density at radius 1 is 1.24 bits per heavy atom. The molecule has 3 fully saturated rings. The van der Waals surface area contributed by atoms with Gasteiger partial charge in [-0.15, -0.1) is 0 Å². The molecular formula is C17H27N3O. The molecule has 0 aromatic carbocycles. The number of methoxy groups -OCH3 is 1. The second kappa shape index (κ2) is 5.01. The highest BCUT2D eigenvalue weighted by Crippen LogP contribution is 2.58. The quantitative estimate of drug-likeness (QED) is 0.926. The SMILES string of the molecule is COc1c(CNC2CC3CC2C2CCCC32)c(C)nn1C. The van der Waals surface area contributed by atoms with Gasteiger partial charge in [0.2, 0.25) is 5.88 Å². The average molecular weight is 289 g/mol. The molecule has 116 valence electrons. The van der Waals surface area contributed by atoms with Crippen LogP contribution < -0.4 is 10.1 Å². The van der Waals surface area contributed by atoms with Gasteiger partial charge in [0.25, 0.3) is 0 Å². The first-order chi connectivity index (χ1) is 10.2. The molecule has 0 spiro atoms. The van der Waals surface area contributed by atoms with Crippen LogP contribution in [0, 0.1) is 30.6 Å². The maximum Gasteiger partial charge on any atom is 0.216 e. The Morgan fingerprint density at radius 2 is 2.05 bits per heavy atom. The van der Waals surface area contributed by atoms with Gasteiger partial charge in [-0.25, -0.2) is 4.68 Å². The van der Waals surface area contributed by atoms with Crippen LogP contribution in [0.25, 0.3) is 0 Å². The number of aromatic nitrogens is 2. The van der Waals surface area contributed by atoms with Crippen molar-refractivity contribution in [3.63, 3.8) is 0 Å². The lowest BCUT2D eigenvalue weighted by atomic mass is 9.79. The summed E-state index contributed by atoms with van der Waals surface area (Å²) in [5.41, 5.74) is 2.31. The van der Waals surface area contributed by atoms with Crippen molar-refractivity contribution < 1.29 is 4.74 Å². The molecule has 2 bridgehead atoms. The Kier molecular flexibility index (Phi) is 3.25. The Labute approximate surface area is 127 Å². The highest BCUT2D eigenvalue weighted by molar-refractivity contribution is 5.30. The molecule has 0 radical (unpaired) electrons. The van der Waals surface area contributed by atoms with E-state index < -0.39 is 0 Å². The molecule has 3 aliphatic rings. The van der Waals surface area contributed by atoms with Crippen molar-refractivity contribution in [3.8, 4) is 5.88 Å². The standard InChI is InChI=1S/C17H27N3O/c1-10-15(17(21-3)20(2)19-10)9-18-16-8-11-7-14(16)13-6-4-5-12(11)13/h11-14,16,18H,4-9H2,1-3H3. The summed E-state index contributed by atoms with van der Waals surface area (Å²) in [5, 5.41) is 8.32. The van der Waals surface area contributed by atoms with Gasteiger partial charge in [0.1, 0.15) is 0 Å². The number of nitrogens with zero attached hydrogens (tertiary/aromatic N) is 2. The topological polar surface area (TPSA) is 39.1 Å². The van der Waals surface area contributed by atoms with E-state index in [1.807, 2.05) is 11.7 Å². The molecule has 5 atom stereocenters. The summed E-state index contributed by atoms with van der Waals surface area (Å²) in [6, 6.07) is 0.721. The fraction of sp³-hybridized carbons (Fsp3) is 0.824. The lowest BCUT2D eigenvalue weighted by molar-refractivity contribution is 0.207. The number of hydrogen-bond donors (Lipinski definition) is 1.